The van der Waals surface area contributed by atoms with Crippen LogP contribution in [0.4, 0.5) is 4.79 Å². The minimum absolute atomic E-state index is 0.238. The maximum atomic E-state index is 9.44. The predicted molar refractivity (Wildman–Crippen MR) is 53.3 cm³/mol. The van der Waals surface area contributed by atoms with Crippen LogP contribution in [0.1, 0.15) is 6.92 Å². The Hall–Kier alpha value is -0.570. The van der Waals surface area contributed by atoms with Gasteiger partial charge < -0.3 is 4.74 Å². The number of nitrogens with one attached hydrogen (secondary N) is 2. The van der Waals surface area contributed by atoms with E-state index in [0.717, 1.165) is 0 Å². The molecule has 0 spiro atoms. The number of carbonyl (C=O) groups excluding carboxylic acids is 1. The second-order valence-electron chi connectivity index (χ2n) is 1.31. The summed E-state index contributed by atoms with van der Waals surface area (Å²) in [4.78, 5) is 9.44. The van der Waals surface area contributed by atoms with Crippen LogP contribution in [0.15, 0.2) is 0 Å². The molecule has 0 aliphatic carbocycles. The third kappa shape index (κ3) is 16.2. The summed E-state index contributed by atoms with van der Waals surface area (Å²) in [5.74, 6) is 9.34. The fourth-order valence-corrected chi connectivity index (χ4v) is 0.291. The van der Waals surface area contributed by atoms with Crippen LogP contribution in [0.25, 0.3) is 0 Å². The predicted octanol–water partition coefficient (Wildman–Crippen LogP) is -0.729. The zero-order valence-electron chi connectivity index (χ0n) is 6.53. The van der Waals surface area contributed by atoms with Crippen molar-refractivity contribution in [3.8, 4) is 0 Å². The van der Waals surface area contributed by atoms with Gasteiger partial charge in [0.05, 0.1) is 6.61 Å². The van der Waals surface area contributed by atoms with E-state index in [1.165, 1.54) is 0 Å². The molecule has 0 aromatic heterocycles. The summed E-state index contributed by atoms with van der Waals surface area (Å²) in [6.07, 6.45) is 0. The van der Waals surface area contributed by atoms with E-state index in [-0.39, 0.29) is 5.17 Å². The van der Waals surface area contributed by atoms with Gasteiger partial charge in [0.2, 0.25) is 0 Å². The molecule has 0 atom stereocenters. The van der Waals surface area contributed by atoms with Crippen LogP contribution >= 0.6 is 24.8 Å². The third-order valence-corrected chi connectivity index (χ3v) is 0.882. The number of thiocarbonyl (C=S) groups is 1. The third-order valence-electron chi connectivity index (χ3n) is 0.517. The first kappa shape index (κ1) is 14.0. The molecule has 0 aromatic carbocycles. The smallest absolute Gasteiger partial charge is 0.289 e. The number of hydrogen-bond donors (Lipinski definition) is 5. The molecule has 0 heterocycles. The number of ether oxygens (including phenoxy) is 1. The Kier molecular flexibility index (Phi) is 12.2. The first-order chi connectivity index (χ1) is 5.58. The molecular formula is C4H12N4O2S2. The van der Waals surface area contributed by atoms with E-state index >= 15 is 0 Å². The van der Waals surface area contributed by atoms with E-state index in [9.17, 15) is 4.79 Å². The Bertz CT molecular complexity index is 143. The molecule has 72 valence electrons. The molecule has 0 unspecified atom stereocenters. The zero-order valence-corrected chi connectivity index (χ0v) is 8.24. The van der Waals surface area contributed by atoms with E-state index in [0.29, 0.717) is 6.61 Å². The number of rotatable bonds is 1. The number of nitrogens with two attached hydrogens (primary N) is 2. The van der Waals surface area contributed by atoms with Gasteiger partial charge in [-0.2, -0.15) is 0 Å². The first-order valence-electron chi connectivity index (χ1n) is 2.91. The lowest BCUT2D eigenvalue weighted by Gasteiger charge is -1.99. The Morgan fingerprint density at radius 3 is 2.08 bits per heavy atom. The van der Waals surface area contributed by atoms with E-state index in [1.807, 2.05) is 6.92 Å². The molecule has 0 fully saturated rings. The topological polar surface area (TPSA) is 102 Å². The quantitative estimate of drug-likeness (QED) is 0.129. The lowest BCUT2D eigenvalue weighted by molar-refractivity contribution is 0.261. The van der Waals surface area contributed by atoms with Crippen molar-refractivity contribution in [1.82, 2.24) is 10.9 Å². The normalized spacial score (nSPS) is 7.33. The molecule has 0 aliphatic rings. The van der Waals surface area contributed by atoms with Crippen LogP contribution in [0.3, 0.4) is 0 Å². The minimum atomic E-state index is -0.523. The van der Waals surface area contributed by atoms with Crippen LogP contribution in [-0.2, 0) is 4.74 Å². The van der Waals surface area contributed by atoms with Crippen molar-refractivity contribution in [3.05, 3.63) is 0 Å². The van der Waals surface area contributed by atoms with E-state index in [4.69, 9.17) is 5.84 Å². The SMILES string of the molecule is CCOC(=S)NN.NNC(=O)S. The van der Waals surface area contributed by atoms with E-state index in [1.54, 1.807) is 5.43 Å². The molecule has 0 aromatic rings. The zero-order chi connectivity index (χ0) is 9.98. The molecule has 1 amide bonds. The second-order valence-corrected chi connectivity index (χ2v) is 2.09. The van der Waals surface area contributed by atoms with Crippen molar-refractivity contribution in [3.63, 3.8) is 0 Å². The lowest BCUT2D eigenvalue weighted by Crippen LogP contribution is -2.30. The van der Waals surface area contributed by atoms with Gasteiger partial charge >= 0.3 is 0 Å². The van der Waals surface area contributed by atoms with Gasteiger partial charge in [-0.15, -0.1) is 0 Å². The summed E-state index contributed by atoms with van der Waals surface area (Å²) >= 11 is 7.72. The van der Waals surface area contributed by atoms with E-state index in [2.05, 4.69) is 40.9 Å². The first-order valence-corrected chi connectivity index (χ1v) is 3.76. The second kappa shape index (κ2) is 10.4. The van der Waals surface area contributed by atoms with Crippen LogP contribution < -0.4 is 22.5 Å². The standard InChI is InChI=1S/C3H8N2OS.CH4N2OS/c1-2-6-3(7)5-4;2-3-1(4)5/h2,4H2,1H3,(H,5,7);2H2,(H2,3,4,5). The number of amides is 1. The Morgan fingerprint density at radius 1 is 1.58 bits per heavy atom. The highest BCUT2D eigenvalue weighted by Gasteiger charge is 1.83. The molecule has 0 saturated heterocycles. The monoisotopic (exact) mass is 212 g/mol. The average Bonchev–Trinajstić information content (AvgIpc) is 2.06. The molecule has 8 heteroatoms. The molecule has 6 N–H and O–H groups in total. The maximum absolute atomic E-state index is 9.44. The van der Waals surface area contributed by atoms with Gasteiger partial charge in [-0.05, 0) is 19.1 Å². The highest BCUT2D eigenvalue weighted by atomic mass is 32.1. The van der Waals surface area contributed by atoms with Crippen molar-refractivity contribution in [2.24, 2.45) is 11.7 Å². The van der Waals surface area contributed by atoms with Crippen molar-refractivity contribution >= 4 is 35.3 Å². The molecule has 0 bridgehead atoms. The average molecular weight is 212 g/mol. The Balaban J connectivity index is 0. The summed E-state index contributed by atoms with van der Waals surface area (Å²) in [5.41, 5.74) is 3.93. The summed E-state index contributed by atoms with van der Waals surface area (Å²) in [6.45, 7) is 2.40. The number of thiol groups is 1. The fourth-order valence-electron chi connectivity index (χ4n) is 0.173. The molecule has 0 saturated carbocycles. The maximum Gasteiger partial charge on any atom is 0.289 e. The van der Waals surface area contributed by atoms with Gasteiger partial charge in [0.25, 0.3) is 10.4 Å². The number of hydrogen-bond acceptors (Lipinski definition) is 5. The number of hydrazine groups is 2. The largest absolute Gasteiger partial charge is 0.470 e. The fraction of sp³-hybridized carbons (Fsp3) is 0.500. The molecule has 6 nitrogen and oxygen atoms in total. The van der Waals surface area contributed by atoms with Gasteiger partial charge in [0, 0.05) is 0 Å². The Morgan fingerprint density at radius 2 is 2.00 bits per heavy atom. The molecule has 0 radical (unpaired) electrons. The summed E-state index contributed by atoms with van der Waals surface area (Å²) < 4.78 is 4.69. The van der Waals surface area contributed by atoms with E-state index < -0.39 is 5.24 Å². The van der Waals surface area contributed by atoms with Gasteiger partial charge in [-0.1, -0.05) is 12.6 Å². The minimum Gasteiger partial charge on any atom is -0.470 e. The Labute approximate surface area is 81.3 Å². The highest BCUT2D eigenvalue weighted by Crippen LogP contribution is 1.71. The van der Waals surface area contributed by atoms with Gasteiger partial charge in [0.1, 0.15) is 0 Å². The van der Waals surface area contributed by atoms with Crippen LogP contribution in [0, 0.1) is 0 Å². The number of carbonyl (C=O) groups is 1. The van der Waals surface area contributed by atoms with Crippen LogP contribution in [0.5, 0.6) is 0 Å². The lowest BCUT2D eigenvalue weighted by atomic mass is 10.9. The summed E-state index contributed by atoms with van der Waals surface area (Å²) in [7, 11) is 0. The van der Waals surface area contributed by atoms with Crippen molar-refractivity contribution in [1.29, 1.82) is 0 Å². The highest BCUT2D eigenvalue weighted by molar-refractivity contribution is 7.96. The molecule has 0 aliphatic heterocycles. The van der Waals surface area contributed by atoms with Gasteiger partial charge in [0.15, 0.2) is 0 Å². The molecule has 12 heavy (non-hydrogen) atoms. The van der Waals surface area contributed by atoms with Crippen molar-refractivity contribution in [2.75, 3.05) is 6.61 Å². The van der Waals surface area contributed by atoms with Gasteiger partial charge in [-0.3, -0.25) is 15.6 Å². The summed E-state index contributed by atoms with van der Waals surface area (Å²) in [5, 5.41) is -0.285. The van der Waals surface area contributed by atoms with Crippen LogP contribution in [0.2, 0.25) is 0 Å². The van der Waals surface area contributed by atoms with Crippen LogP contribution in [-0.4, -0.2) is 17.0 Å². The van der Waals surface area contributed by atoms with Gasteiger partial charge in [-0.25, -0.2) is 11.7 Å². The van der Waals surface area contributed by atoms with Crippen molar-refractivity contribution < 1.29 is 9.53 Å². The molecule has 0 rings (SSSR count). The summed E-state index contributed by atoms with van der Waals surface area (Å²) in [6, 6.07) is 0. The van der Waals surface area contributed by atoms with Crippen molar-refractivity contribution in [2.45, 2.75) is 6.92 Å². The molecular weight excluding hydrogens is 200 g/mol.